The first-order valence-corrected chi connectivity index (χ1v) is 8.77. The van der Waals surface area contributed by atoms with Gasteiger partial charge in [0.2, 0.25) is 5.91 Å². The van der Waals surface area contributed by atoms with Crippen LogP contribution in [0.25, 0.3) is 0 Å². The zero-order chi connectivity index (χ0) is 21.6. The van der Waals surface area contributed by atoms with E-state index in [-0.39, 0.29) is 12.1 Å². The maximum Gasteiger partial charge on any atom is 0.254 e. The highest BCUT2D eigenvalue weighted by atomic mass is 19.2. The van der Waals surface area contributed by atoms with Gasteiger partial charge in [-0.05, 0) is 36.8 Å². The molecule has 0 fully saturated rings. The molecule has 0 spiro atoms. The number of ether oxygens (including phenoxy) is 2. The molecular weight excluding hydrogens is 389 g/mol. The van der Waals surface area contributed by atoms with E-state index < -0.39 is 41.5 Å². The van der Waals surface area contributed by atoms with Crippen LogP contribution in [-0.4, -0.2) is 44.0 Å². The molecular formula is C20H21F3N2O4. The molecule has 0 bridgehead atoms. The molecule has 1 N–H and O–H groups in total. The van der Waals surface area contributed by atoms with Gasteiger partial charge in [0.05, 0.1) is 19.9 Å². The fourth-order valence-corrected chi connectivity index (χ4v) is 2.66. The minimum Gasteiger partial charge on any atom is -0.493 e. The summed E-state index contributed by atoms with van der Waals surface area (Å²) in [6.07, 6.45) is 0.561. The van der Waals surface area contributed by atoms with Crippen LogP contribution in [0, 0.1) is 17.5 Å². The van der Waals surface area contributed by atoms with Crippen LogP contribution < -0.4 is 14.8 Å². The molecule has 0 saturated carbocycles. The molecule has 2 aromatic carbocycles. The van der Waals surface area contributed by atoms with Crippen molar-refractivity contribution in [1.29, 1.82) is 0 Å². The van der Waals surface area contributed by atoms with E-state index in [1.54, 1.807) is 6.07 Å². The number of benzene rings is 2. The summed E-state index contributed by atoms with van der Waals surface area (Å²) >= 11 is 0. The Morgan fingerprint density at radius 1 is 1.00 bits per heavy atom. The Bertz CT molecular complexity index is 906. The summed E-state index contributed by atoms with van der Waals surface area (Å²) in [6, 6.07) is 6.18. The zero-order valence-corrected chi connectivity index (χ0v) is 16.2. The van der Waals surface area contributed by atoms with Crippen LogP contribution in [0.4, 0.5) is 18.9 Å². The van der Waals surface area contributed by atoms with Crippen molar-refractivity contribution in [3.63, 3.8) is 0 Å². The molecule has 9 heteroatoms. The van der Waals surface area contributed by atoms with Gasteiger partial charge in [0.15, 0.2) is 29.0 Å². The normalized spacial score (nSPS) is 10.4. The van der Waals surface area contributed by atoms with Gasteiger partial charge in [0, 0.05) is 12.1 Å². The Morgan fingerprint density at radius 2 is 1.69 bits per heavy atom. The third-order valence-electron chi connectivity index (χ3n) is 4.05. The second-order valence-corrected chi connectivity index (χ2v) is 6.07. The summed E-state index contributed by atoms with van der Waals surface area (Å²) in [5.74, 6) is -4.97. The third kappa shape index (κ3) is 5.18. The monoisotopic (exact) mass is 410 g/mol. The molecule has 156 valence electrons. The topological polar surface area (TPSA) is 67.9 Å². The van der Waals surface area contributed by atoms with Gasteiger partial charge in [-0.25, -0.2) is 13.2 Å². The Hall–Kier alpha value is -3.23. The average molecular weight is 410 g/mol. The predicted molar refractivity (Wildman–Crippen MR) is 101 cm³/mol. The first-order valence-electron chi connectivity index (χ1n) is 8.77. The van der Waals surface area contributed by atoms with Gasteiger partial charge in [0.25, 0.3) is 5.91 Å². The Morgan fingerprint density at radius 3 is 2.31 bits per heavy atom. The molecule has 2 aromatic rings. The number of hydrogen-bond donors (Lipinski definition) is 1. The molecule has 6 nitrogen and oxygen atoms in total. The molecule has 0 heterocycles. The van der Waals surface area contributed by atoms with E-state index in [0.29, 0.717) is 24.0 Å². The molecule has 2 rings (SSSR count). The van der Waals surface area contributed by atoms with Gasteiger partial charge in [0.1, 0.15) is 6.54 Å². The maximum absolute atomic E-state index is 13.8. The maximum atomic E-state index is 13.8. The predicted octanol–water partition coefficient (Wildman–Crippen LogP) is 3.61. The minimum atomic E-state index is -1.69. The van der Waals surface area contributed by atoms with E-state index in [2.05, 4.69) is 5.32 Å². The molecule has 0 aliphatic heterocycles. The largest absolute Gasteiger partial charge is 0.493 e. The van der Waals surface area contributed by atoms with E-state index in [0.717, 1.165) is 6.07 Å². The van der Waals surface area contributed by atoms with Crippen LogP contribution in [0.3, 0.4) is 0 Å². The Balaban J connectivity index is 2.18. The van der Waals surface area contributed by atoms with E-state index in [4.69, 9.17) is 9.47 Å². The Labute approximate surface area is 166 Å². The van der Waals surface area contributed by atoms with Gasteiger partial charge >= 0.3 is 0 Å². The molecule has 0 atom stereocenters. The average Bonchev–Trinajstić information content (AvgIpc) is 2.72. The van der Waals surface area contributed by atoms with Crippen molar-refractivity contribution >= 4 is 17.5 Å². The highest BCUT2D eigenvalue weighted by molar-refractivity contribution is 5.99. The van der Waals surface area contributed by atoms with Crippen molar-refractivity contribution in [1.82, 2.24) is 4.90 Å². The molecule has 29 heavy (non-hydrogen) atoms. The number of anilines is 1. The van der Waals surface area contributed by atoms with Crippen molar-refractivity contribution in [2.75, 3.05) is 32.6 Å². The van der Waals surface area contributed by atoms with Crippen molar-refractivity contribution in [2.45, 2.75) is 13.3 Å². The summed E-state index contributed by atoms with van der Waals surface area (Å²) in [5, 5.41) is 2.16. The standard InChI is InChI=1S/C20H21F3N2O4/c1-4-9-25(20(27)12-5-8-15(28-2)16(10-12)29-3)11-17(26)24-14-7-6-13(21)18(22)19(14)23/h5-8,10H,4,9,11H2,1-3H3,(H,24,26). The first-order chi connectivity index (χ1) is 13.8. The highest BCUT2D eigenvalue weighted by Gasteiger charge is 2.21. The van der Waals surface area contributed by atoms with Crippen LogP contribution in [0.1, 0.15) is 23.7 Å². The molecule has 0 saturated heterocycles. The van der Waals surface area contributed by atoms with Crippen molar-refractivity contribution < 1.29 is 32.2 Å². The molecule has 0 aliphatic carbocycles. The summed E-state index contributed by atoms with van der Waals surface area (Å²) in [6.45, 7) is 1.67. The number of amides is 2. The van der Waals surface area contributed by atoms with Gasteiger partial charge in [-0.1, -0.05) is 6.92 Å². The van der Waals surface area contributed by atoms with Gasteiger partial charge < -0.3 is 19.7 Å². The number of methoxy groups -OCH3 is 2. The lowest BCUT2D eigenvalue weighted by atomic mass is 10.1. The number of carbonyl (C=O) groups is 2. The molecule has 0 aliphatic rings. The lowest BCUT2D eigenvalue weighted by Gasteiger charge is -2.22. The number of rotatable bonds is 8. The van der Waals surface area contributed by atoms with Crippen LogP contribution >= 0.6 is 0 Å². The minimum absolute atomic E-state index is 0.251. The highest BCUT2D eigenvalue weighted by Crippen LogP contribution is 2.28. The quantitative estimate of drug-likeness (QED) is 0.675. The van der Waals surface area contributed by atoms with Crippen molar-refractivity contribution in [2.24, 2.45) is 0 Å². The summed E-state index contributed by atoms with van der Waals surface area (Å²) in [4.78, 5) is 26.4. The van der Waals surface area contributed by atoms with E-state index in [9.17, 15) is 22.8 Å². The van der Waals surface area contributed by atoms with Crippen LogP contribution in [0.5, 0.6) is 11.5 Å². The molecule has 2 amide bonds. The summed E-state index contributed by atoms with van der Waals surface area (Å²) in [5.41, 5.74) is -0.244. The second-order valence-electron chi connectivity index (χ2n) is 6.07. The Kier molecular flexibility index (Phi) is 7.46. The second kappa shape index (κ2) is 9.81. The third-order valence-corrected chi connectivity index (χ3v) is 4.05. The molecule has 0 unspecified atom stereocenters. The smallest absolute Gasteiger partial charge is 0.254 e. The number of carbonyl (C=O) groups excluding carboxylic acids is 2. The first kappa shape index (κ1) is 22.1. The number of halogens is 3. The molecule has 0 radical (unpaired) electrons. The zero-order valence-electron chi connectivity index (χ0n) is 16.2. The van der Waals surface area contributed by atoms with Crippen LogP contribution in [0.2, 0.25) is 0 Å². The number of hydrogen-bond acceptors (Lipinski definition) is 4. The summed E-state index contributed by atoms with van der Waals surface area (Å²) < 4.78 is 50.4. The van der Waals surface area contributed by atoms with E-state index in [1.807, 2.05) is 6.92 Å². The van der Waals surface area contributed by atoms with E-state index in [1.165, 1.54) is 31.3 Å². The fraction of sp³-hybridized carbons (Fsp3) is 0.300. The SMILES string of the molecule is CCCN(CC(=O)Nc1ccc(F)c(F)c1F)C(=O)c1ccc(OC)c(OC)c1. The molecule has 0 aromatic heterocycles. The van der Waals surface area contributed by atoms with Crippen LogP contribution in [0.15, 0.2) is 30.3 Å². The number of nitrogens with zero attached hydrogens (tertiary/aromatic N) is 1. The lowest BCUT2D eigenvalue weighted by molar-refractivity contribution is -0.116. The fourth-order valence-electron chi connectivity index (χ4n) is 2.66. The summed E-state index contributed by atoms with van der Waals surface area (Å²) in [7, 11) is 2.89. The van der Waals surface area contributed by atoms with Crippen LogP contribution in [-0.2, 0) is 4.79 Å². The van der Waals surface area contributed by atoms with Crippen molar-refractivity contribution in [3.05, 3.63) is 53.3 Å². The van der Waals surface area contributed by atoms with Gasteiger partial charge in [-0.2, -0.15) is 0 Å². The number of nitrogens with one attached hydrogen (secondary N) is 1. The van der Waals surface area contributed by atoms with Gasteiger partial charge in [-0.15, -0.1) is 0 Å². The van der Waals surface area contributed by atoms with Gasteiger partial charge in [-0.3, -0.25) is 9.59 Å². The van der Waals surface area contributed by atoms with E-state index >= 15 is 0 Å². The lowest BCUT2D eigenvalue weighted by Crippen LogP contribution is -2.38. The van der Waals surface area contributed by atoms with Crippen molar-refractivity contribution in [3.8, 4) is 11.5 Å².